The summed E-state index contributed by atoms with van der Waals surface area (Å²) in [6.45, 7) is 6.42. The lowest BCUT2D eigenvalue weighted by Crippen LogP contribution is -2.47. The molecule has 0 radical (unpaired) electrons. The molecule has 44 heavy (non-hydrogen) atoms. The number of piperazine rings is 1. The van der Waals surface area contributed by atoms with Crippen LogP contribution in [0.2, 0.25) is 0 Å². The van der Waals surface area contributed by atoms with Gasteiger partial charge in [0.15, 0.2) is 11.6 Å². The summed E-state index contributed by atoms with van der Waals surface area (Å²) in [5.74, 6) is 0.550. The normalized spacial score (nSPS) is 20.8. The first-order valence-corrected chi connectivity index (χ1v) is 15.7. The number of carbonyl (C=O) groups excluding carboxylic acids is 3. The molecule has 2 aromatic carbocycles. The van der Waals surface area contributed by atoms with Crippen LogP contribution in [0.4, 0.5) is 17.1 Å². The summed E-state index contributed by atoms with van der Waals surface area (Å²) in [5.41, 5.74) is 4.61. The molecule has 2 aliphatic heterocycles. The molecule has 1 aromatic heterocycles. The molecule has 1 saturated carbocycles. The van der Waals surface area contributed by atoms with E-state index in [0.29, 0.717) is 42.6 Å². The van der Waals surface area contributed by atoms with E-state index in [1.807, 2.05) is 23.1 Å². The van der Waals surface area contributed by atoms with Crippen LogP contribution in [0, 0.1) is 12.8 Å². The van der Waals surface area contributed by atoms with Crippen LogP contribution in [0.25, 0.3) is 0 Å². The number of nitrogens with one attached hydrogen (secondary N) is 2. The van der Waals surface area contributed by atoms with Crippen LogP contribution >= 0.6 is 0 Å². The predicted octanol–water partition coefficient (Wildman–Crippen LogP) is 4.35. The van der Waals surface area contributed by atoms with E-state index in [9.17, 15) is 14.4 Å². The Kier molecular flexibility index (Phi) is 7.57. The van der Waals surface area contributed by atoms with Crippen LogP contribution < -0.4 is 20.4 Å². The number of hydrogen-bond donors (Lipinski definition) is 2. The zero-order chi connectivity index (χ0) is 30.2. The number of oxazole rings is 1. The number of carbonyl (C=O) groups is 3. The number of rotatable bonds is 10. The van der Waals surface area contributed by atoms with Crippen molar-refractivity contribution in [3.05, 3.63) is 83.6 Å². The van der Waals surface area contributed by atoms with Crippen molar-refractivity contribution in [2.75, 3.05) is 54.4 Å². The third kappa shape index (κ3) is 5.68. The molecular formula is C34H38N6O4. The minimum Gasteiger partial charge on any atom is -0.448 e. The average Bonchev–Trinajstić information content (AvgIpc) is 3.43. The van der Waals surface area contributed by atoms with Gasteiger partial charge in [-0.1, -0.05) is 30.4 Å². The molecule has 2 bridgehead atoms. The second kappa shape index (κ2) is 11.8. The molecule has 0 unspecified atom stereocenters. The first-order chi connectivity index (χ1) is 21.4. The summed E-state index contributed by atoms with van der Waals surface area (Å²) < 4.78 is 5.55. The molecule has 0 spiro atoms. The zero-order valence-electron chi connectivity index (χ0n) is 25.0. The Morgan fingerprint density at radius 3 is 2.48 bits per heavy atom. The number of amides is 3. The van der Waals surface area contributed by atoms with E-state index in [4.69, 9.17) is 4.42 Å². The van der Waals surface area contributed by atoms with Gasteiger partial charge in [-0.3, -0.25) is 14.4 Å². The highest BCUT2D eigenvalue weighted by molar-refractivity contribution is 6.06. The monoisotopic (exact) mass is 594 g/mol. The van der Waals surface area contributed by atoms with Crippen molar-refractivity contribution < 1.29 is 18.8 Å². The van der Waals surface area contributed by atoms with Crippen LogP contribution in [0.3, 0.4) is 0 Å². The van der Waals surface area contributed by atoms with Gasteiger partial charge in [0.2, 0.25) is 5.91 Å². The third-order valence-corrected chi connectivity index (χ3v) is 9.19. The fourth-order valence-corrected chi connectivity index (χ4v) is 6.56. The molecular weight excluding hydrogens is 556 g/mol. The van der Waals surface area contributed by atoms with E-state index in [-0.39, 0.29) is 35.4 Å². The van der Waals surface area contributed by atoms with Gasteiger partial charge in [0.25, 0.3) is 11.8 Å². The van der Waals surface area contributed by atoms with E-state index < -0.39 is 0 Å². The van der Waals surface area contributed by atoms with Crippen molar-refractivity contribution >= 4 is 34.8 Å². The molecule has 10 nitrogen and oxygen atoms in total. The number of likely N-dealkylation sites (tertiary alicyclic amines) is 1. The minimum absolute atomic E-state index is 0.0321. The molecule has 228 valence electrons. The van der Waals surface area contributed by atoms with E-state index >= 15 is 0 Å². The molecule has 7 rings (SSSR count). The largest absolute Gasteiger partial charge is 0.448 e. The van der Waals surface area contributed by atoms with Gasteiger partial charge in [0.05, 0.1) is 23.3 Å². The Bertz CT molecular complexity index is 1600. The molecule has 3 fully saturated rings. The van der Waals surface area contributed by atoms with Gasteiger partial charge in [0.1, 0.15) is 6.26 Å². The van der Waals surface area contributed by atoms with Gasteiger partial charge in [0, 0.05) is 56.4 Å². The van der Waals surface area contributed by atoms with Crippen LogP contribution in [0.1, 0.15) is 63.9 Å². The number of anilines is 3. The summed E-state index contributed by atoms with van der Waals surface area (Å²) in [5, 5.41) is 6.01. The molecule has 3 heterocycles. The summed E-state index contributed by atoms with van der Waals surface area (Å²) in [7, 11) is 0. The highest BCUT2D eigenvalue weighted by Crippen LogP contribution is 2.39. The third-order valence-electron chi connectivity index (χ3n) is 9.19. The number of para-hydroxylation sites is 1. The van der Waals surface area contributed by atoms with Crippen molar-refractivity contribution in [1.82, 2.24) is 15.2 Å². The van der Waals surface area contributed by atoms with Crippen molar-refractivity contribution in [3.63, 3.8) is 0 Å². The van der Waals surface area contributed by atoms with Gasteiger partial charge in [-0.05, 0) is 62.4 Å². The molecule has 10 heteroatoms. The Balaban J connectivity index is 1.04. The lowest BCUT2D eigenvalue weighted by Gasteiger charge is -2.38. The van der Waals surface area contributed by atoms with Gasteiger partial charge < -0.3 is 29.8 Å². The minimum atomic E-state index is -0.364. The maximum absolute atomic E-state index is 13.3. The Morgan fingerprint density at radius 1 is 0.977 bits per heavy atom. The average molecular weight is 595 g/mol. The van der Waals surface area contributed by atoms with E-state index in [0.717, 1.165) is 51.1 Å². The molecule has 2 aliphatic carbocycles. The molecule has 3 amide bonds. The van der Waals surface area contributed by atoms with Gasteiger partial charge in [-0.25, -0.2) is 4.98 Å². The van der Waals surface area contributed by atoms with Crippen LogP contribution in [0.15, 0.2) is 65.3 Å². The number of nitrogens with zero attached hydrogens (tertiary/aromatic N) is 4. The number of benzene rings is 2. The van der Waals surface area contributed by atoms with Crippen molar-refractivity contribution in [3.8, 4) is 0 Å². The van der Waals surface area contributed by atoms with Gasteiger partial charge in [-0.2, -0.15) is 0 Å². The zero-order valence-corrected chi connectivity index (χ0v) is 25.0. The van der Waals surface area contributed by atoms with Crippen LogP contribution in [-0.4, -0.2) is 72.9 Å². The van der Waals surface area contributed by atoms with Gasteiger partial charge >= 0.3 is 0 Å². The topological polar surface area (TPSA) is 111 Å². The van der Waals surface area contributed by atoms with Crippen LogP contribution in [-0.2, 0) is 4.79 Å². The summed E-state index contributed by atoms with van der Waals surface area (Å²) in [6, 6.07) is 14.1. The van der Waals surface area contributed by atoms with Crippen molar-refractivity contribution in [2.24, 2.45) is 5.92 Å². The number of aromatic nitrogens is 1. The van der Waals surface area contributed by atoms with E-state index in [1.165, 1.54) is 17.5 Å². The number of aryl methyl sites for hydroxylation is 1. The lowest BCUT2D eigenvalue weighted by atomic mass is 10.1. The smallest absolute Gasteiger partial charge is 0.277 e. The predicted molar refractivity (Wildman–Crippen MR) is 168 cm³/mol. The summed E-state index contributed by atoms with van der Waals surface area (Å²) in [4.78, 5) is 49.8. The summed E-state index contributed by atoms with van der Waals surface area (Å²) >= 11 is 0. The Labute approximate surface area is 257 Å². The molecule has 4 aliphatic rings. The lowest BCUT2D eigenvalue weighted by molar-refractivity contribution is -0.131. The number of fused-ring (bicyclic) bond motifs is 2. The highest BCUT2D eigenvalue weighted by atomic mass is 16.3. The van der Waals surface area contributed by atoms with Crippen molar-refractivity contribution in [2.45, 2.75) is 44.6 Å². The van der Waals surface area contributed by atoms with Crippen molar-refractivity contribution in [1.29, 1.82) is 0 Å². The maximum Gasteiger partial charge on any atom is 0.277 e. The Hall–Kier alpha value is -4.60. The standard InChI is InChI=1S/C34H38N6O4/c1-22-5-2-3-6-29(22)38-15-17-39(18-16-38)30-12-10-24(20-27(30)36-32(42)28-21-44-33(37-28)23-7-8-23)31(41)35-13-4-14-40-26-11-9-25(19-26)34(40)43/h2-3,5-6,9-12,20-21,23,25-26H,4,7-8,13-19H2,1H3,(H,35,41)(H,36,42)/t25-,26+/m1/s1. The van der Waals surface area contributed by atoms with E-state index in [1.54, 1.807) is 6.07 Å². The first kappa shape index (κ1) is 28.2. The molecule has 3 aromatic rings. The highest BCUT2D eigenvalue weighted by Gasteiger charge is 2.40. The fraction of sp³-hybridized carbons (Fsp3) is 0.412. The quantitative estimate of drug-likeness (QED) is 0.265. The van der Waals surface area contributed by atoms with Crippen LogP contribution in [0.5, 0.6) is 0 Å². The van der Waals surface area contributed by atoms with E-state index in [2.05, 4.69) is 62.7 Å². The van der Waals surface area contributed by atoms with Gasteiger partial charge in [-0.15, -0.1) is 0 Å². The fourth-order valence-electron chi connectivity index (χ4n) is 6.56. The molecule has 2 N–H and O–H groups in total. The second-order valence-corrected chi connectivity index (χ2v) is 12.2. The second-order valence-electron chi connectivity index (χ2n) is 12.2. The Morgan fingerprint density at radius 2 is 1.75 bits per heavy atom. The maximum atomic E-state index is 13.3. The number of hydrogen-bond acceptors (Lipinski definition) is 7. The SMILES string of the molecule is Cc1ccccc1N1CCN(c2ccc(C(=O)NCCCN3C(=O)[C@@H]4C=C[C@H]3C4)cc2NC(=O)c2coc(C3CC3)n2)CC1. The molecule has 2 atom stereocenters. The first-order valence-electron chi connectivity index (χ1n) is 15.7. The summed E-state index contributed by atoms with van der Waals surface area (Å²) in [6.07, 6.45) is 9.14. The molecule has 2 saturated heterocycles.